The predicted octanol–water partition coefficient (Wildman–Crippen LogP) is 4.95. The van der Waals surface area contributed by atoms with Crippen molar-refractivity contribution in [1.29, 1.82) is 0 Å². The summed E-state index contributed by atoms with van der Waals surface area (Å²) in [5.74, 6) is 1.26. The molecule has 2 aromatic rings. The Morgan fingerprint density at radius 1 is 1.07 bits per heavy atom. The summed E-state index contributed by atoms with van der Waals surface area (Å²) in [5, 5.41) is 2.84. The van der Waals surface area contributed by atoms with Gasteiger partial charge >= 0.3 is 0 Å². The third-order valence-electron chi connectivity index (χ3n) is 5.49. The van der Waals surface area contributed by atoms with Crippen LogP contribution in [0.4, 0.5) is 5.69 Å². The number of anilines is 1. The van der Waals surface area contributed by atoms with E-state index in [1.807, 2.05) is 36.4 Å². The highest BCUT2D eigenvalue weighted by molar-refractivity contribution is 5.91. The number of rotatable bonds is 9. The second-order valence-electron chi connectivity index (χ2n) is 8.07. The van der Waals surface area contributed by atoms with Crippen LogP contribution in [-0.2, 0) is 14.9 Å². The zero-order valence-electron chi connectivity index (χ0n) is 17.6. The van der Waals surface area contributed by atoms with E-state index >= 15 is 0 Å². The number of amides is 1. The first-order valence-corrected chi connectivity index (χ1v) is 10.3. The summed E-state index contributed by atoms with van der Waals surface area (Å²) in [5.41, 5.74) is 2.11. The molecule has 29 heavy (non-hydrogen) atoms. The van der Waals surface area contributed by atoms with Crippen molar-refractivity contribution in [3.05, 3.63) is 54.1 Å². The lowest BCUT2D eigenvalue weighted by molar-refractivity contribution is -0.118. The van der Waals surface area contributed by atoms with Gasteiger partial charge in [0.2, 0.25) is 0 Å². The van der Waals surface area contributed by atoms with Gasteiger partial charge in [-0.15, -0.1) is 0 Å². The number of ether oxygens (including phenoxy) is 3. The van der Waals surface area contributed by atoms with Crippen molar-refractivity contribution in [3.63, 3.8) is 0 Å². The topological polar surface area (TPSA) is 56.8 Å². The number of hydrogen-bond acceptors (Lipinski definition) is 4. The van der Waals surface area contributed by atoms with Crippen LogP contribution < -0.4 is 14.8 Å². The zero-order valence-corrected chi connectivity index (χ0v) is 17.6. The second-order valence-corrected chi connectivity index (χ2v) is 8.07. The molecule has 5 nitrogen and oxygen atoms in total. The van der Waals surface area contributed by atoms with Crippen molar-refractivity contribution in [2.45, 2.75) is 51.6 Å². The lowest BCUT2D eigenvalue weighted by Gasteiger charge is -2.23. The Hall–Kier alpha value is -2.53. The Labute approximate surface area is 173 Å². The molecule has 1 heterocycles. The molecule has 1 atom stereocenters. The van der Waals surface area contributed by atoms with Crippen LogP contribution in [0, 0.1) is 0 Å². The largest absolute Gasteiger partial charge is 0.491 e. The lowest BCUT2D eigenvalue weighted by Crippen LogP contribution is -2.20. The van der Waals surface area contributed by atoms with Crippen molar-refractivity contribution in [2.75, 3.05) is 25.1 Å². The Balaban J connectivity index is 1.43. The maximum absolute atomic E-state index is 12.2. The van der Waals surface area contributed by atoms with E-state index in [1.165, 1.54) is 5.56 Å². The van der Waals surface area contributed by atoms with Gasteiger partial charge in [-0.2, -0.15) is 0 Å². The van der Waals surface area contributed by atoms with Gasteiger partial charge in [-0.05, 0) is 66.6 Å². The van der Waals surface area contributed by atoms with Crippen molar-refractivity contribution < 1.29 is 19.0 Å². The summed E-state index contributed by atoms with van der Waals surface area (Å²) in [7, 11) is 0. The fourth-order valence-electron chi connectivity index (χ4n) is 3.15. The van der Waals surface area contributed by atoms with E-state index in [1.54, 1.807) is 0 Å². The fourth-order valence-corrected chi connectivity index (χ4v) is 3.15. The maximum atomic E-state index is 12.2. The SMILES string of the molecule is CCC(C)(C)c1ccc(OCC(=O)Nc2ccc(OCC3CCCO3)cc2)cc1. The molecule has 0 aliphatic carbocycles. The molecule has 0 spiro atoms. The quantitative estimate of drug-likeness (QED) is 0.650. The molecule has 1 aliphatic rings. The number of nitrogens with one attached hydrogen (secondary N) is 1. The molecule has 1 saturated heterocycles. The van der Waals surface area contributed by atoms with E-state index in [2.05, 4.69) is 38.2 Å². The van der Waals surface area contributed by atoms with Crippen LogP contribution in [0.5, 0.6) is 11.5 Å². The molecule has 0 radical (unpaired) electrons. The smallest absolute Gasteiger partial charge is 0.262 e. The molecular weight excluding hydrogens is 366 g/mol. The summed E-state index contributed by atoms with van der Waals surface area (Å²) in [6.45, 7) is 7.96. The van der Waals surface area contributed by atoms with Gasteiger partial charge in [-0.25, -0.2) is 0 Å². The molecule has 0 aromatic heterocycles. The highest BCUT2D eigenvalue weighted by Crippen LogP contribution is 2.28. The Bertz CT molecular complexity index is 778. The molecule has 1 unspecified atom stereocenters. The van der Waals surface area contributed by atoms with Crippen LogP contribution in [0.15, 0.2) is 48.5 Å². The van der Waals surface area contributed by atoms with Gasteiger partial charge < -0.3 is 19.5 Å². The average molecular weight is 398 g/mol. The van der Waals surface area contributed by atoms with Crippen LogP contribution in [0.2, 0.25) is 0 Å². The minimum Gasteiger partial charge on any atom is -0.491 e. The van der Waals surface area contributed by atoms with Gasteiger partial charge in [-0.1, -0.05) is 32.9 Å². The Morgan fingerprint density at radius 3 is 2.34 bits per heavy atom. The van der Waals surface area contributed by atoms with Crippen molar-refractivity contribution in [2.24, 2.45) is 0 Å². The summed E-state index contributed by atoms with van der Waals surface area (Å²) < 4.78 is 16.9. The van der Waals surface area contributed by atoms with E-state index in [4.69, 9.17) is 14.2 Å². The van der Waals surface area contributed by atoms with Crippen LogP contribution in [-0.4, -0.2) is 31.8 Å². The molecule has 5 heteroatoms. The first kappa shape index (κ1) is 21.2. The normalized spacial score (nSPS) is 16.4. The van der Waals surface area contributed by atoms with E-state index in [0.717, 1.165) is 31.6 Å². The van der Waals surface area contributed by atoms with Crippen LogP contribution in [0.1, 0.15) is 45.6 Å². The van der Waals surface area contributed by atoms with Crippen molar-refractivity contribution in [3.8, 4) is 11.5 Å². The summed E-state index contributed by atoms with van der Waals surface area (Å²) >= 11 is 0. The molecule has 0 saturated carbocycles. The van der Waals surface area contributed by atoms with Crippen LogP contribution in [0.3, 0.4) is 0 Å². The molecule has 1 aliphatic heterocycles. The van der Waals surface area contributed by atoms with E-state index < -0.39 is 0 Å². The third kappa shape index (κ3) is 6.23. The summed E-state index contributed by atoms with van der Waals surface area (Å²) in [4.78, 5) is 12.2. The molecule has 1 amide bonds. The number of benzene rings is 2. The number of hydrogen-bond donors (Lipinski definition) is 1. The van der Waals surface area contributed by atoms with Crippen LogP contribution in [0.25, 0.3) is 0 Å². The molecule has 2 aromatic carbocycles. The first-order valence-electron chi connectivity index (χ1n) is 10.3. The van der Waals surface area contributed by atoms with Crippen molar-refractivity contribution in [1.82, 2.24) is 0 Å². The second kappa shape index (κ2) is 9.79. The average Bonchev–Trinajstić information content (AvgIpc) is 3.26. The maximum Gasteiger partial charge on any atom is 0.262 e. The van der Waals surface area contributed by atoms with Gasteiger partial charge in [0.15, 0.2) is 6.61 Å². The Morgan fingerprint density at radius 2 is 1.72 bits per heavy atom. The molecular formula is C24H31NO4. The first-order chi connectivity index (χ1) is 14.0. The molecule has 1 fully saturated rings. The lowest BCUT2D eigenvalue weighted by atomic mass is 9.82. The predicted molar refractivity (Wildman–Crippen MR) is 115 cm³/mol. The fraction of sp³-hybridized carbons (Fsp3) is 0.458. The van der Waals surface area contributed by atoms with Crippen LogP contribution >= 0.6 is 0 Å². The molecule has 156 valence electrons. The number of carbonyl (C=O) groups excluding carboxylic acids is 1. The van der Waals surface area contributed by atoms with E-state index in [0.29, 0.717) is 18.0 Å². The van der Waals surface area contributed by atoms with E-state index in [-0.39, 0.29) is 24.0 Å². The minimum absolute atomic E-state index is 0.0339. The van der Waals surface area contributed by atoms with Gasteiger partial charge in [-0.3, -0.25) is 4.79 Å². The highest BCUT2D eigenvalue weighted by Gasteiger charge is 2.18. The molecule has 3 rings (SSSR count). The van der Waals surface area contributed by atoms with Gasteiger partial charge in [0.1, 0.15) is 18.1 Å². The minimum atomic E-state index is -0.198. The summed E-state index contributed by atoms with van der Waals surface area (Å²) in [6.07, 6.45) is 3.40. The van der Waals surface area contributed by atoms with E-state index in [9.17, 15) is 4.79 Å². The Kier molecular flexibility index (Phi) is 7.15. The van der Waals surface area contributed by atoms with Gasteiger partial charge in [0.05, 0.1) is 6.10 Å². The van der Waals surface area contributed by atoms with Gasteiger partial charge in [0.25, 0.3) is 5.91 Å². The molecule has 0 bridgehead atoms. The number of carbonyl (C=O) groups is 1. The monoisotopic (exact) mass is 397 g/mol. The standard InChI is InChI=1S/C24H31NO4/c1-4-24(2,3)18-7-11-20(12-8-18)29-17-23(26)25-19-9-13-21(14-10-19)28-16-22-6-5-15-27-22/h7-14,22H,4-6,15-17H2,1-3H3,(H,25,26). The third-order valence-corrected chi connectivity index (χ3v) is 5.49. The highest BCUT2D eigenvalue weighted by atomic mass is 16.5. The summed E-state index contributed by atoms with van der Waals surface area (Å²) in [6, 6.07) is 15.3. The molecule has 1 N–H and O–H groups in total. The zero-order chi connectivity index (χ0) is 20.7. The van der Waals surface area contributed by atoms with Gasteiger partial charge in [0, 0.05) is 12.3 Å². The van der Waals surface area contributed by atoms with Crippen molar-refractivity contribution >= 4 is 11.6 Å².